The molecule has 2 heterocycles. The Morgan fingerprint density at radius 3 is 2.64 bits per heavy atom. The van der Waals surface area contributed by atoms with Crippen molar-refractivity contribution in [2.45, 2.75) is 34.8 Å². The van der Waals surface area contributed by atoms with Gasteiger partial charge in [-0.2, -0.15) is 4.31 Å². The smallest absolute Gasteiger partial charge is 0.243 e. The zero-order valence-corrected chi connectivity index (χ0v) is 17.2. The number of sulfonamides is 1. The summed E-state index contributed by atoms with van der Waals surface area (Å²) in [4.78, 5) is 13.1. The molecular weight excluding hydrogens is 392 g/mol. The lowest BCUT2D eigenvalue weighted by Gasteiger charge is -2.26. The maximum absolute atomic E-state index is 13.1. The summed E-state index contributed by atoms with van der Waals surface area (Å²) in [7, 11) is -3.62. The molecule has 0 spiro atoms. The van der Waals surface area contributed by atoms with Crippen molar-refractivity contribution in [1.82, 2.24) is 4.31 Å². The Morgan fingerprint density at radius 1 is 1.14 bits per heavy atom. The van der Waals surface area contributed by atoms with Crippen molar-refractivity contribution in [2.75, 3.05) is 18.4 Å². The molecular formula is C21H22N2O3S2. The van der Waals surface area contributed by atoms with Crippen LogP contribution in [0, 0.1) is 0 Å². The lowest BCUT2D eigenvalue weighted by atomic mass is 10.0. The van der Waals surface area contributed by atoms with E-state index in [4.69, 9.17) is 0 Å². The van der Waals surface area contributed by atoms with Crippen LogP contribution in [0.25, 0.3) is 5.57 Å². The Labute approximate surface area is 169 Å². The number of carbonyl (C=O) groups is 1. The van der Waals surface area contributed by atoms with E-state index in [-0.39, 0.29) is 16.1 Å². The van der Waals surface area contributed by atoms with E-state index >= 15 is 0 Å². The lowest BCUT2D eigenvalue weighted by molar-refractivity contribution is -0.116. The first kappa shape index (κ1) is 19.2. The summed E-state index contributed by atoms with van der Waals surface area (Å²) in [5.74, 6) is -0.0818. The van der Waals surface area contributed by atoms with Gasteiger partial charge in [0.1, 0.15) is 0 Å². The highest BCUT2D eigenvalue weighted by Crippen LogP contribution is 2.37. The first-order valence-electron chi connectivity index (χ1n) is 9.28. The van der Waals surface area contributed by atoms with E-state index < -0.39 is 10.0 Å². The molecule has 2 aromatic rings. The molecule has 1 atom stereocenters. The number of anilines is 1. The van der Waals surface area contributed by atoms with Gasteiger partial charge in [0.2, 0.25) is 15.9 Å². The molecule has 2 aromatic carbocycles. The van der Waals surface area contributed by atoms with Crippen LogP contribution in [0.1, 0.15) is 25.3 Å². The van der Waals surface area contributed by atoms with E-state index in [0.717, 1.165) is 10.5 Å². The van der Waals surface area contributed by atoms with Crippen LogP contribution < -0.4 is 5.32 Å². The van der Waals surface area contributed by atoms with Crippen molar-refractivity contribution in [1.29, 1.82) is 0 Å². The number of amides is 1. The van der Waals surface area contributed by atoms with E-state index in [2.05, 4.69) is 5.32 Å². The number of fused-ring (bicyclic) bond motifs is 1. The summed E-state index contributed by atoms with van der Waals surface area (Å²) < 4.78 is 27.7. The molecule has 28 heavy (non-hydrogen) atoms. The van der Waals surface area contributed by atoms with Crippen LogP contribution in [-0.4, -0.2) is 37.0 Å². The zero-order valence-electron chi connectivity index (χ0n) is 15.6. The second kappa shape index (κ2) is 7.73. The molecule has 0 aromatic heterocycles. The summed E-state index contributed by atoms with van der Waals surface area (Å²) in [6, 6.07) is 15.1. The first-order valence-corrected chi connectivity index (χ1v) is 11.6. The van der Waals surface area contributed by atoms with Gasteiger partial charge in [0.25, 0.3) is 0 Å². The average Bonchev–Trinajstić information content (AvgIpc) is 2.84. The van der Waals surface area contributed by atoms with E-state index in [1.54, 1.807) is 30.0 Å². The van der Waals surface area contributed by atoms with Crippen molar-refractivity contribution in [2.24, 2.45) is 0 Å². The van der Waals surface area contributed by atoms with E-state index in [1.807, 2.05) is 43.3 Å². The molecule has 5 nitrogen and oxygen atoms in total. The minimum absolute atomic E-state index is 0.0818. The van der Waals surface area contributed by atoms with Crippen molar-refractivity contribution in [3.05, 3.63) is 60.2 Å². The fraction of sp³-hybridized carbons (Fsp3) is 0.286. The standard InChI is InChI=1S/C21H22N2O3S2/c1-15-13-21(24)22-19-14-18(7-8-20(19)27-15)28(25,26)23-11-9-17(10-12-23)16-5-3-2-4-6-16/h2-9,14-15H,10-13H2,1H3,(H,22,24). The molecule has 0 saturated carbocycles. The summed E-state index contributed by atoms with van der Waals surface area (Å²) >= 11 is 1.59. The van der Waals surface area contributed by atoms with Gasteiger partial charge in [-0.05, 0) is 35.8 Å². The number of thioether (sulfide) groups is 1. The Kier molecular flexibility index (Phi) is 5.31. The Bertz CT molecular complexity index is 1030. The fourth-order valence-corrected chi connectivity index (χ4v) is 5.98. The van der Waals surface area contributed by atoms with E-state index in [1.165, 1.54) is 9.88 Å². The van der Waals surface area contributed by atoms with E-state index in [9.17, 15) is 13.2 Å². The predicted molar refractivity (Wildman–Crippen MR) is 113 cm³/mol. The number of nitrogens with zero attached hydrogens (tertiary/aromatic N) is 1. The van der Waals surface area contributed by atoms with Gasteiger partial charge in [-0.3, -0.25) is 4.79 Å². The quantitative estimate of drug-likeness (QED) is 0.825. The van der Waals surface area contributed by atoms with Gasteiger partial charge in [-0.25, -0.2) is 8.42 Å². The Hall–Kier alpha value is -2.09. The predicted octanol–water partition coefficient (Wildman–Crippen LogP) is 3.99. The van der Waals surface area contributed by atoms with Gasteiger partial charge in [0.15, 0.2) is 0 Å². The zero-order chi connectivity index (χ0) is 19.7. The largest absolute Gasteiger partial charge is 0.325 e. The number of benzene rings is 2. The van der Waals surface area contributed by atoms with Crippen LogP contribution in [0.5, 0.6) is 0 Å². The highest BCUT2D eigenvalue weighted by Gasteiger charge is 2.28. The van der Waals surface area contributed by atoms with Crippen LogP contribution in [0.15, 0.2) is 64.4 Å². The number of rotatable bonds is 3. The fourth-order valence-electron chi connectivity index (χ4n) is 3.52. The molecule has 0 fully saturated rings. The highest BCUT2D eigenvalue weighted by atomic mass is 32.2. The molecule has 2 aliphatic rings. The lowest BCUT2D eigenvalue weighted by Crippen LogP contribution is -2.34. The van der Waals surface area contributed by atoms with Crippen molar-refractivity contribution in [3.8, 4) is 0 Å². The normalized spacial score (nSPS) is 20.7. The third kappa shape index (κ3) is 3.87. The molecule has 7 heteroatoms. The third-order valence-electron chi connectivity index (χ3n) is 4.98. The summed E-state index contributed by atoms with van der Waals surface area (Å²) in [5.41, 5.74) is 2.89. The minimum Gasteiger partial charge on any atom is -0.325 e. The van der Waals surface area contributed by atoms with Gasteiger partial charge in [-0.15, -0.1) is 11.8 Å². The molecule has 2 aliphatic heterocycles. The number of hydrogen-bond acceptors (Lipinski definition) is 4. The second-order valence-corrected chi connectivity index (χ2v) is 10.5. The van der Waals surface area contributed by atoms with Gasteiger partial charge >= 0.3 is 0 Å². The summed E-state index contributed by atoms with van der Waals surface area (Å²) in [5, 5.41) is 3.00. The first-order chi connectivity index (χ1) is 13.4. The number of carbonyl (C=O) groups excluding carboxylic acids is 1. The van der Waals surface area contributed by atoms with Gasteiger partial charge in [0.05, 0.1) is 10.6 Å². The van der Waals surface area contributed by atoms with Gasteiger partial charge < -0.3 is 5.32 Å². The van der Waals surface area contributed by atoms with Crippen LogP contribution in [0.2, 0.25) is 0 Å². The topological polar surface area (TPSA) is 66.5 Å². The SMILES string of the molecule is CC1CC(=O)Nc2cc(S(=O)(=O)N3CC=C(c4ccccc4)CC3)ccc2S1. The Balaban J connectivity index is 1.58. The molecule has 0 radical (unpaired) electrons. The van der Waals surface area contributed by atoms with Crippen LogP contribution >= 0.6 is 11.8 Å². The molecule has 0 aliphatic carbocycles. The Morgan fingerprint density at radius 2 is 1.93 bits per heavy atom. The molecule has 1 amide bonds. The monoisotopic (exact) mass is 414 g/mol. The number of nitrogens with one attached hydrogen (secondary N) is 1. The maximum atomic E-state index is 13.1. The average molecular weight is 415 g/mol. The summed E-state index contributed by atoms with van der Waals surface area (Å²) in [6.07, 6.45) is 3.08. The molecule has 0 bridgehead atoms. The molecule has 1 N–H and O–H groups in total. The van der Waals surface area contributed by atoms with Crippen LogP contribution in [-0.2, 0) is 14.8 Å². The summed E-state index contributed by atoms with van der Waals surface area (Å²) in [6.45, 7) is 2.79. The molecule has 1 unspecified atom stereocenters. The van der Waals surface area contributed by atoms with Gasteiger partial charge in [-0.1, -0.05) is 43.3 Å². The van der Waals surface area contributed by atoms with Crippen molar-refractivity contribution >= 4 is 39.0 Å². The van der Waals surface area contributed by atoms with Crippen LogP contribution in [0.3, 0.4) is 0 Å². The highest BCUT2D eigenvalue weighted by molar-refractivity contribution is 8.00. The van der Waals surface area contributed by atoms with Gasteiger partial charge in [0, 0.05) is 29.7 Å². The maximum Gasteiger partial charge on any atom is 0.243 e. The second-order valence-electron chi connectivity index (χ2n) is 7.05. The number of hydrogen-bond donors (Lipinski definition) is 1. The van der Waals surface area contributed by atoms with E-state index in [0.29, 0.717) is 31.6 Å². The minimum atomic E-state index is -3.62. The van der Waals surface area contributed by atoms with Crippen LogP contribution in [0.4, 0.5) is 5.69 Å². The molecule has 146 valence electrons. The third-order valence-corrected chi connectivity index (χ3v) is 8.02. The van der Waals surface area contributed by atoms with Crippen molar-refractivity contribution in [3.63, 3.8) is 0 Å². The molecule has 0 saturated heterocycles. The molecule has 4 rings (SSSR count). The van der Waals surface area contributed by atoms with Crippen molar-refractivity contribution < 1.29 is 13.2 Å².